The van der Waals surface area contributed by atoms with E-state index in [0.717, 1.165) is 40.5 Å². The zero-order valence-electron chi connectivity index (χ0n) is 17.2. The Balaban J connectivity index is 1.55. The molecule has 0 aliphatic carbocycles. The zero-order chi connectivity index (χ0) is 20.8. The summed E-state index contributed by atoms with van der Waals surface area (Å²) in [7, 11) is 0. The summed E-state index contributed by atoms with van der Waals surface area (Å²) in [6.45, 7) is 7.16. The van der Waals surface area contributed by atoms with Gasteiger partial charge in [-0.05, 0) is 35.7 Å². The Kier molecular flexibility index (Phi) is 6.23. The van der Waals surface area contributed by atoms with E-state index >= 15 is 0 Å². The van der Waals surface area contributed by atoms with Crippen LogP contribution in [-0.4, -0.2) is 13.4 Å². The van der Waals surface area contributed by atoms with Crippen molar-refractivity contribution in [3.63, 3.8) is 0 Å². The molecule has 0 unspecified atom stereocenters. The van der Waals surface area contributed by atoms with Crippen molar-refractivity contribution >= 4 is 0 Å². The third-order valence-electron chi connectivity index (χ3n) is 5.18. The Labute approximate surface area is 177 Å². The summed E-state index contributed by atoms with van der Waals surface area (Å²) in [4.78, 5) is 0. The molecule has 0 saturated heterocycles. The van der Waals surface area contributed by atoms with Crippen LogP contribution in [-0.2, 0) is 6.61 Å². The second-order valence-electron chi connectivity index (χ2n) is 7.15. The summed E-state index contributed by atoms with van der Waals surface area (Å²) in [5.41, 5.74) is 3.44. The average Bonchev–Trinajstić information content (AvgIpc) is 3.25. The molecule has 0 amide bonds. The number of hydrogen-bond donors (Lipinski definition) is 0. The van der Waals surface area contributed by atoms with E-state index in [1.165, 1.54) is 5.56 Å². The predicted octanol–water partition coefficient (Wildman–Crippen LogP) is 6.10. The molecule has 4 nitrogen and oxygen atoms in total. The first-order valence-corrected chi connectivity index (χ1v) is 10.2. The molecule has 3 aromatic carbocycles. The highest BCUT2D eigenvalue weighted by Gasteiger charge is 2.23. The smallest absolute Gasteiger partial charge is 0.231 e. The number of ether oxygens (including phenoxy) is 4. The monoisotopic (exact) mass is 402 g/mol. The van der Waals surface area contributed by atoms with Crippen LogP contribution >= 0.6 is 0 Å². The number of fused-ring (bicyclic) bond motifs is 1. The van der Waals surface area contributed by atoms with Gasteiger partial charge in [-0.25, -0.2) is 0 Å². The van der Waals surface area contributed by atoms with E-state index in [1.54, 1.807) is 6.08 Å². The molecule has 1 heterocycles. The van der Waals surface area contributed by atoms with E-state index in [-0.39, 0.29) is 12.7 Å². The predicted molar refractivity (Wildman–Crippen MR) is 118 cm³/mol. The fraction of sp³-hybridized carbons (Fsp3) is 0.231. The highest BCUT2D eigenvalue weighted by atomic mass is 16.7. The molecule has 1 aliphatic rings. The van der Waals surface area contributed by atoms with Gasteiger partial charge in [0.25, 0.3) is 0 Å². The molecule has 1 atom stereocenters. The van der Waals surface area contributed by atoms with Crippen molar-refractivity contribution in [3.05, 3.63) is 96.1 Å². The fourth-order valence-corrected chi connectivity index (χ4v) is 3.66. The molecule has 4 heteroatoms. The van der Waals surface area contributed by atoms with E-state index in [9.17, 15) is 0 Å². The second kappa shape index (κ2) is 9.40. The van der Waals surface area contributed by atoms with Gasteiger partial charge in [0.2, 0.25) is 6.79 Å². The maximum absolute atomic E-state index is 5.95. The van der Waals surface area contributed by atoms with Crippen LogP contribution in [0.25, 0.3) is 0 Å². The maximum Gasteiger partial charge on any atom is 0.231 e. The summed E-state index contributed by atoms with van der Waals surface area (Å²) in [6.07, 6.45) is 2.67. The zero-order valence-corrected chi connectivity index (χ0v) is 17.2. The molecule has 0 bridgehead atoms. The van der Waals surface area contributed by atoms with Crippen molar-refractivity contribution in [1.82, 2.24) is 0 Å². The van der Waals surface area contributed by atoms with Gasteiger partial charge in [0.05, 0.1) is 0 Å². The molecular formula is C26H26O4. The summed E-state index contributed by atoms with van der Waals surface area (Å²) >= 11 is 0. The SMILES string of the molecule is C=CCOc1cc2c(cc1[C@H](CC)c1ccc(OCc3ccccc3)cc1)OCO2. The standard InChI is InChI=1S/C26H26O4/c1-3-14-27-24-16-26-25(29-18-30-26)15-23(24)22(4-2)20-10-12-21(13-11-20)28-17-19-8-6-5-7-9-19/h3,5-13,15-16,22H,1,4,14,17-18H2,2H3/t22-/m1/s1. The van der Waals surface area contributed by atoms with Crippen molar-refractivity contribution < 1.29 is 18.9 Å². The minimum atomic E-state index is 0.169. The first kappa shape index (κ1) is 19.9. The third-order valence-corrected chi connectivity index (χ3v) is 5.18. The molecule has 0 spiro atoms. The Hall–Kier alpha value is -3.40. The van der Waals surface area contributed by atoms with Crippen LogP contribution in [0, 0.1) is 0 Å². The van der Waals surface area contributed by atoms with Crippen molar-refractivity contribution in [1.29, 1.82) is 0 Å². The van der Waals surface area contributed by atoms with E-state index in [4.69, 9.17) is 18.9 Å². The minimum Gasteiger partial charge on any atom is -0.489 e. The second-order valence-corrected chi connectivity index (χ2v) is 7.15. The van der Waals surface area contributed by atoms with Gasteiger partial charge < -0.3 is 18.9 Å². The molecule has 0 fully saturated rings. The maximum atomic E-state index is 5.95. The summed E-state index contributed by atoms with van der Waals surface area (Å²) in [5, 5.41) is 0. The Bertz CT molecular complexity index is 980. The lowest BCUT2D eigenvalue weighted by Gasteiger charge is -2.20. The van der Waals surface area contributed by atoms with Crippen LogP contribution in [0.15, 0.2) is 79.4 Å². The van der Waals surface area contributed by atoms with E-state index in [1.807, 2.05) is 42.5 Å². The number of hydrogen-bond acceptors (Lipinski definition) is 4. The number of rotatable bonds is 9. The van der Waals surface area contributed by atoms with E-state index in [0.29, 0.717) is 13.2 Å². The summed E-state index contributed by atoms with van der Waals surface area (Å²) in [6, 6.07) is 22.4. The molecule has 154 valence electrons. The Morgan fingerprint density at radius 2 is 1.70 bits per heavy atom. The van der Waals surface area contributed by atoms with Crippen LogP contribution < -0.4 is 18.9 Å². The molecule has 0 N–H and O–H groups in total. The topological polar surface area (TPSA) is 36.9 Å². The van der Waals surface area contributed by atoms with Gasteiger partial charge in [0.15, 0.2) is 11.5 Å². The van der Waals surface area contributed by atoms with Crippen LogP contribution in [0.4, 0.5) is 0 Å². The van der Waals surface area contributed by atoms with E-state index < -0.39 is 0 Å². The van der Waals surface area contributed by atoms with Gasteiger partial charge in [-0.1, -0.05) is 62.0 Å². The third kappa shape index (κ3) is 4.43. The molecule has 30 heavy (non-hydrogen) atoms. The fourth-order valence-electron chi connectivity index (χ4n) is 3.66. The van der Waals surface area contributed by atoms with Crippen molar-refractivity contribution in [2.24, 2.45) is 0 Å². The van der Waals surface area contributed by atoms with Gasteiger partial charge in [-0.3, -0.25) is 0 Å². The van der Waals surface area contributed by atoms with Crippen molar-refractivity contribution in [2.45, 2.75) is 25.9 Å². The van der Waals surface area contributed by atoms with Gasteiger partial charge in [0, 0.05) is 17.5 Å². The van der Waals surface area contributed by atoms with Crippen LogP contribution in [0.3, 0.4) is 0 Å². The van der Waals surface area contributed by atoms with Crippen LogP contribution in [0.2, 0.25) is 0 Å². The van der Waals surface area contributed by atoms with Gasteiger partial charge in [-0.15, -0.1) is 0 Å². The van der Waals surface area contributed by atoms with Gasteiger partial charge in [-0.2, -0.15) is 0 Å². The molecule has 0 aromatic heterocycles. The highest BCUT2D eigenvalue weighted by Crippen LogP contribution is 2.43. The average molecular weight is 402 g/mol. The van der Waals surface area contributed by atoms with Gasteiger partial charge >= 0.3 is 0 Å². The summed E-state index contributed by atoms with van der Waals surface area (Å²) < 4.78 is 23.0. The lowest BCUT2D eigenvalue weighted by atomic mass is 9.88. The molecule has 0 saturated carbocycles. The largest absolute Gasteiger partial charge is 0.489 e. The quantitative estimate of drug-likeness (QED) is 0.405. The molecule has 0 radical (unpaired) electrons. The van der Waals surface area contributed by atoms with E-state index in [2.05, 4.69) is 37.8 Å². The van der Waals surface area contributed by atoms with Crippen molar-refractivity contribution in [3.8, 4) is 23.0 Å². The van der Waals surface area contributed by atoms with Crippen LogP contribution in [0.5, 0.6) is 23.0 Å². The normalized spacial score (nSPS) is 13.0. The van der Waals surface area contributed by atoms with Crippen molar-refractivity contribution in [2.75, 3.05) is 13.4 Å². The minimum absolute atomic E-state index is 0.169. The lowest BCUT2D eigenvalue weighted by molar-refractivity contribution is 0.174. The Morgan fingerprint density at radius 3 is 2.40 bits per heavy atom. The molecule has 3 aromatic rings. The molecule has 1 aliphatic heterocycles. The Morgan fingerprint density at radius 1 is 0.967 bits per heavy atom. The first-order chi connectivity index (χ1) is 14.8. The number of benzene rings is 3. The highest BCUT2D eigenvalue weighted by molar-refractivity contribution is 5.55. The molecular weight excluding hydrogens is 376 g/mol. The molecule has 4 rings (SSSR count). The summed E-state index contributed by atoms with van der Waals surface area (Å²) in [5.74, 6) is 3.30. The first-order valence-electron chi connectivity index (χ1n) is 10.2. The van der Waals surface area contributed by atoms with Crippen LogP contribution in [0.1, 0.15) is 36.0 Å². The van der Waals surface area contributed by atoms with Gasteiger partial charge in [0.1, 0.15) is 24.7 Å². The lowest BCUT2D eigenvalue weighted by Crippen LogP contribution is -2.05.